The summed E-state index contributed by atoms with van der Waals surface area (Å²) < 4.78 is 10.6. The molecule has 19 heavy (non-hydrogen) atoms. The van der Waals surface area contributed by atoms with Gasteiger partial charge in [0.05, 0.1) is 13.2 Å². The van der Waals surface area contributed by atoms with Crippen LogP contribution in [0.2, 0.25) is 0 Å². The van der Waals surface area contributed by atoms with Crippen LogP contribution < -0.4 is 0 Å². The van der Waals surface area contributed by atoms with Crippen LogP contribution in [0.3, 0.4) is 0 Å². The first-order valence-electron chi connectivity index (χ1n) is 6.55. The van der Waals surface area contributed by atoms with Gasteiger partial charge in [-0.25, -0.2) is 4.79 Å². The Hall–Kier alpha value is -1.33. The van der Waals surface area contributed by atoms with Crippen molar-refractivity contribution in [3.63, 3.8) is 0 Å². The van der Waals surface area contributed by atoms with Crippen LogP contribution in [0, 0.1) is 6.92 Å². The molecule has 0 aliphatic heterocycles. The summed E-state index contributed by atoms with van der Waals surface area (Å²) in [5.41, 5.74) is 0.242. The third-order valence-electron chi connectivity index (χ3n) is 3.35. The Bertz CT molecular complexity index is 414. The van der Waals surface area contributed by atoms with E-state index in [1.807, 2.05) is 0 Å². The van der Waals surface area contributed by atoms with Crippen molar-refractivity contribution in [1.29, 1.82) is 0 Å². The topological polar surface area (TPSA) is 62.9 Å². The van der Waals surface area contributed by atoms with Crippen LogP contribution in [0.4, 0.5) is 0 Å². The molecule has 0 aliphatic rings. The summed E-state index contributed by atoms with van der Waals surface area (Å²) in [5.74, 6) is 0.198. The average molecular weight is 269 g/mol. The first-order chi connectivity index (χ1) is 8.99. The standard InChI is InChI=1S/C14H23NO4/c1-5-10(2)15(6-7-18-4)9-12-8-13(14(16)17)11(3)19-12/h8,10H,5-7,9H2,1-4H3,(H,16,17). The SMILES string of the molecule is CCC(C)N(CCOC)Cc1cc(C(=O)O)c(C)o1. The van der Waals surface area contributed by atoms with E-state index in [0.29, 0.717) is 30.7 Å². The minimum absolute atomic E-state index is 0.242. The molecule has 0 saturated heterocycles. The molecular formula is C14H23NO4. The maximum atomic E-state index is 11.0. The van der Waals surface area contributed by atoms with Gasteiger partial charge in [0.2, 0.25) is 0 Å². The highest BCUT2D eigenvalue weighted by Gasteiger charge is 2.18. The first kappa shape index (κ1) is 15.7. The van der Waals surface area contributed by atoms with Gasteiger partial charge in [0.1, 0.15) is 17.1 Å². The summed E-state index contributed by atoms with van der Waals surface area (Å²) in [5, 5.41) is 9.02. The molecule has 1 aromatic rings. The highest BCUT2D eigenvalue weighted by Crippen LogP contribution is 2.18. The Morgan fingerprint density at radius 3 is 2.74 bits per heavy atom. The van der Waals surface area contributed by atoms with Gasteiger partial charge in [0.15, 0.2) is 0 Å². The van der Waals surface area contributed by atoms with Gasteiger partial charge in [0, 0.05) is 19.7 Å². The van der Waals surface area contributed by atoms with Gasteiger partial charge in [0.25, 0.3) is 0 Å². The van der Waals surface area contributed by atoms with Crippen LogP contribution in [0.15, 0.2) is 10.5 Å². The second-order valence-electron chi connectivity index (χ2n) is 4.71. The molecule has 1 unspecified atom stereocenters. The second kappa shape index (κ2) is 7.31. The zero-order valence-electron chi connectivity index (χ0n) is 12.1. The molecule has 0 saturated carbocycles. The lowest BCUT2D eigenvalue weighted by Crippen LogP contribution is -2.34. The van der Waals surface area contributed by atoms with Crippen LogP contribution >= 0.6 is 0 Å². The number of aromatic carboxylic acids is 1. The fourth-order valence-electron chi connectivity index (χ4n) is 1.96. The number of methoxy groups -OCH3 is 1. The number of ether oxygens (including phenoxy) is 1. The molecule has 1 N–H and O–H groups in total. The summed E-state index contributed by atoms with van der Waals surface area (Å²) in [4.78, 5) is 13.2. The number of furan rings is 1. The van der Waals surface area contributed by atoms with Crippen LogP contribution in [-0.4, -0.2) is 42.3 Å². The molecule has 0 radical (unpaired) electrons. The van der Waals surface area contributed by atoms with Crippen LogP contribution in [0.5, 0.6) is 0 Å². The van der Waals surface area contributed by atoms with E-state index in [9.17, 15) is 4.79 Å². The summed E-state index contributed by atoms with van der Waals surface area (Å²) in [6.07, 6.45) is 1.02. The number of carboxylic acids is 1. The monoisotopic (exact) mass is 269 g/mol. The molecule has 5 nitrogen and oxygen atoms in total. The van der Waals surface area contributed by atoms with Crippen molar-refractivity contribution < 1.29 is 19.1 Å². The van der Waals surface area contributed by atoms with Crippen molar-refractivity contribution in [1.82, 2.24) is 4.90 Å². The Labute approximate surface area is 114 Å². The lowest BCUT2D eigenvalue weighted by atomic mass is 10.2. The number of rotatable bonds is 8. The van der Waals surface area contributed by atoms with Gasteiger partial charge in [-0.2, -0.15) is 0 Å². The Kier molecular flexibility index (Phi) is 6.05. The number of hydrogen-bond donors (Lipinski definition) is 1. The lowest BCUT2D eigenvalue weighted by molar-refractivity contribution is 0.0695. The molecular weight excluding hydrogens is 246 g/mol. The molecule has 0 aromatic carbocycles. The molecule has 5 heteroatoms. The molecule has 1 rings (SSSR count). The van der Waals surface area contributed by atoms with Crippen molar-refractivity contribution in [3.05, 3.63) is 23.2 Å². The zero-order valence-corrected chi connectivity index (χ0v) is 12.1. The van der Waals surface area contributed by atoms with Gasteiger partial charge in [-0.05, 0) is 26.3 Å². The molecule has 0 amide bonds. The Morgan fingerprint density at radius 2 is 2.26 bits per heavy atom. The summed E-state index contributed by atoms with van der Waals surface area (Å²) in [7, 11) is 1.67. The number of nitrogens with zero attached hydrogens (tertiary/aromatic N) is 1. The normalized spacial score (nSPS) is 12.9. The maximum Gasteiger partial charge on any atom is 0.339 e. The van der Waals surface area contributed by atoms with Gasteiger partial charge < -0.3 is 14.3 Å². The van der Waals surface area contributed by atoms with Crippen molar-refractivity contribution in [2.24, 2.45) is 0 Å². The Balaban J connectivity index is 2.77. The quantitative estimate of drug-likeness (QED) is 0.785. The van der Waals surface area contributed by atoms with Crippen LogP contribution in [-0.2, 0) is 11.3 Å². The van der Waals surface area contributed by atoms with E-state index in [1.54, 1.807) is 20.1 Å². The second-order valence-corrected chi connectivity index (χ2v) is 4.71. The predicted octanol–water partition coefficient (Wildman–Crippen LogP) is 2.53. The van der Waals surface area contributed by atoms with Crippen molar-refractivity contribution in [2.75, 3.05) is 20.3 Å². The minimum atomic E-state index is -0.945. The zero-order chi connectivity index (χ0) is 14.4. The molecule has 0 fully saturated rings. The predicted molar refractivity (Wildman–Crippen MR) is 72.4 cm³/mol. The molecule has 1 heterocycles. The molecule has 108 valence electrons. The van der Waals surface area contributed by atoms with Gasteiger partial charge in [-0.15, -0.1) is 0 Å². The lowest BCUT2D eigenvalue weighted by Gasteiger charge is -2.27. The largest absolute Gasteiger partial charge is 0.478 e. The molecule has 0 spiro atoms. The molecule has 0 aliphatic carbocycles. The van der Waals surface area contributed by atoms with E-state index >= 15 is 0 Å². The fourth-order valence-corrected chi connectivity index (χ4v) is 1.96. The smallest absolute Gasteiger partial charge is 0.339 e. The fraction of sp³-hybridized carbons (Fsp3) is 0.643. The van der Waals surface area contributed by atoms with E-state index in [-0.39, 0.29) is 5.56 Å². The average Bonchev–Trinajstić information content (AvgIpc) is 2.74. The van der Waals surface area contributed by atoms with E-state index in [1.165, 1.54) is 0 Å². The third kappa shape index (κ3) is 4.36. The number of hydrogen-bond acceptors (Lipinski definition) is 4. The van der Waals surface area contributed by atoms with Crippen molar-refractivity contribution in [3.8, 4) is 0 Å². The third-order valence-corrected chi connectivity index (χ3v) is 3.35. The Morgan fingerprint density at radius 1 is 1.58 bits per heavy atom. The molecule has 1 aromatic heterocycles. The summed E-state index contributed by atoms with van der Waals surface area (Å²) >= 11 is 0. The van der Waals surface area contributed by atoms with Crippen molar-refractivity contribution >= 4 is 5.97 Å². The minimum Gasteiger partial charge on any atom is -0.478 e. The van der Waals surface area contributed by atoms with Gasteiger partial charge >= 0.3 is 5.97 Å². The highest BCUT2D eigenvalue weighted by atomic mass is 16.5. The number of carboxylic acid groups (broad SMARTS) is 1. The highest BCUT2D eigenvalue weighted by molar-refractivity contribution is 5.88. The first-order valence-corrected chi connectivity index (χ1v) is 6.55. The van der Waals surface area contributed by atoms with E-state index < -0.39 is 5.97 Å². The van der Waals surface area contributed by atoms with Gasteiger partial charge in [-0.1, -0.05) is 6.92 Å². The summed E-state index contributed by atoms with van der Waals surface area (Å²) in [6.45, 7) is 8.00. The summed E-state index contributed by atoms with van der Waals surface area (Å²) in [6, 6.07) is 2.01. The number of aryl methyl sites for hydroxylation is 1. The van der Waals surface area contributed by atoms with E-state index in [0.717, 1.165) is 13.0 Å². The van der Waals surface area contributed by atoms with E-state index in [2.05, 4.69) is 18.7 Å². The molecule has 0 bridgehead atoms. The van der Waals surface area contributed by atoms with E-state index in [4.69, 9.17) is 14.3 Å². The van der Waals surface area contributed by atoms with Crippen molar-refractivity contribution in [2.45, 2.75) is 39.8 Å². The van der Waals surface area contributed by atoms with Crippen LogP contribution in [0.25, 0.3) is 0 Å². The molecule has 1 atom stereocenters. The van der Waals surface area contributed by atoms with Gasteiger partial charge in [-0.3, -0.25) is 4.90 Å². The van der Waals surface area contributed by atoms with Crippen LogP contribution in [0.1, 0.15) is 42.1 Å². The maximum absolute atomic E-state index is 11.0. The number of carbonyl (C=O) groups is 1.